The Kier molecular flexibility index (Phi) is 7.68. The van der Waals surface area contributed by atoms with Crippen LogP contribution in [0.25, 0.3) is 21.3 Å². The van der Waals surface area contributed by atoms with E-state index in [1.54, 1.807) is 36.0 Å². The summed E-state index contributed by atoms with van der Waals surface area (Å²) in [6, 6.07) is 7.46. The van der Waals surface area contributed by atoms with Crippen LogP contribution >= 0.6 is 22.9 Å². The Bertz CT molecular complexity index is 1840. The van der Waals surface area contributed by atoms with E-state index in [1.807, 2.05) is 13.8 Å². The first kappa shape index (κ1) is 29.1. The van der Waals surface area contributed by atoms with Crippen molar-refractivity contribution in [3.05, 3.63) is 75.3 Å². The summed E-state index contributed by atoms with van der Waals surface area (Å²) in [5.41, 5.74) is 6.11. The van der Waals surface area contributed by atoms with Crippen LogP contribution in [0.3, 0.4) is 0 Å². The van der Waals surface area contributed by atoms with Gasteiger partial charge in [-0.2, -0.15) is 23.4 Å². The van der Waals surface area contributed by atoms with Crippen LogP contribution in [0.5, 0.6) is 5.75 Å². The van der Waals surface area contributed by atoms with Crippen LogP contribution in [0.4, 0.5) is 18.9 Å². The second kappa shape index (κ2) is 11.1. The lowest BCUT2D eigenvalue weighted by Gasteiger charge is -2.11. The molecule has 1 aromatic carbocycles. The minimum atomic E-state index is -4.77. The van der Waals surface area contributed by atoms with E-state index < -0.39 is 23.7 Å². The molecule has 5 rings (SSSR count). The number of hydrogen-bond acceptors (Lipinski definition) is 7. The zero-order valence-corrected chi connectivity index (χ0v) is 24.0. The standard InChI is InChI=1S/C27H23ClF3N7O3S/c1-4-37-11-17(14(3)35-37)16-10-20(27(29,30)31)33-26-21(16)22(23(42-26)24(32)39)34-25(40)19-7-8-38(36-19)12-41-15-5-6-18(28)13(2)9-15/h5-11H,4,12H2,1-3H3,(H2,32,39)(H,34,40). The van der Waals surface area contributed by atoms with Gasteiger partial charge < -0.3 is 15.8 Å². The molecule has 3 N–H and O–H groups in total. The molecule has 0 aliphatic heterocycles. The van der Waals surface area contributed by atoms with Crippen molar-refractivity contribution in [2.45, 2.75) is 40.2 Å². The molecule has 0 spiro atoms. The van der Waals surface area contributed by atoms with E-state index >= 15 is 0 Å². The highest BCUT2D eigenvalue weighted by atomic mass is 35.5. The van der Waals surface area contributed by atoms with Gasteiger partial charge in [-0.3, -0.25) is 14.3 Å². The van der Waals surface area contributed by atoms with Crippen molar-refractivity contribution < 1.29 is 27.5 Å². The molecule has 0 aliphatic carbocycles. The van der Waals surface area contributed by atoms with Crippen LogP contribution in [-0.2, 0) is 19.5 Å². The predicted octanol–water partition coefficient (Wildman–Crippen LogP) is 6.05. The molecule has 0 saturated heterocycles. The number of nitrogens with zero attached hydrogens (tertiary/aromatic N) is 5. The topological polar surface area (TPSA) is 130 Å². The largest absolute Gasteiger partial charge is 0.471 e. The number of aryl methyl sites for hydroxylation is 3. The first-order valence-electron chi connectivity index (χ1n) is 12.5. The number of anilines is 1. The van der Waals surface area contributed by atoms with Crippen molar-refractivity contribution in [3.8, 4) is 16.9 Å². The fourth-order valence-electron chi connectivity index (χ4n) is 4.27. The minimum absolute atomic E-state index is 0.0166. The molecule has 0 aliphatic rings. The van der Waals surface area contributed by atoms with Crippen LogP contribution < -0.4 is 15.8 Å². The first-order valence-corrected chi connectivity index (χ1v) is 13.7. The summed E-state index contributed by atoms with van der Waals surface area (Å²) in [4.78, 5) is 29.2. The van der Waals surface area contributed by atoms with E-state index in [0.717, 1.165) is 11.6 Å². The number of aromatic nitrogens is 5. The zero-order chi connectivity index (χ0) is 30.3. The first-order chi connectivity index (χ1) is 19.8. The van der Waals surface area contributed by atoms with Crippen molar-refractivity contribution in [2.24, 2.45) is 5.73 Å². The number of benzene rings is 1. The number of ether oxygens (including phenoxy) is 1. The average Bonchev–Trinajstić information content (AvgIpc) is 3.65. The number of fused-ring (bicyclic) bond motifs is 1. The number of carbonyl (C=O) groups excluding carboxylic acids is 2. The van der Waals surface area contributed by atoms with E-state index in [-0.39, 0.29) is 38.8 Å². The Morgan fingerprint density at radius 1 is 1.12 bits per heavy atom. The highest BCUT2D eigenvalue weighted by Crippen LogP contribution is 2.44. The van der Waals surface area contributed by atoms with Crippen LogP contribution in [0, 0.1) is 13.8 Å². The fourth-order valence-corrected chi connectivity index (χ4v) is 5.40. The fraction of sp³-hybridized carbons (Fsp3) is 0.222. The molecule has 2 amide bonds. The lowest BCUT2D eigenvalue weighted by molar-refractivity contribution is -0.140. The van der Waals surface area contributed by atoms with Gasteiger partial charge in [0, 0.05) is 34.9 Å². The Morgan fingerprint density at radius 3 is 2.52 bits per heavy atom. The molecule has 4 aromatic heterocycles. The van der Waals surface area contributed by atoms with Gasteiger partial charge in [-0.15, -0.1) is 11.3 Å². The number of nitrogens with two attached hydrogens (primary N) is 1. The lowest BCUT2D eigenvalue weighted by Crippen LogP contribution is -2.18. The third-order valence-corrected chi connectivity index (χ3v) is 7.86. The maximum absolute atomic E-state index is 13.8. The zero-order valence-electron chi connectivity index (χ0n) is 22.4. The van der Waals surface area contributed by atoms with Crippen LogP contribution in [0.2, 0.25) is 5.02 Å². The molecule has 4 heterocycles. The summed E-state index contributed by atoms with van der Waals surface area (Å²) < 4.78 is 50.1. The molecule has 218 valence electrons. The van der Waals surface area contributed by atoms with Gasteiger partial charge in [0.2, 0.25) is 0 Å². The molecule has 42 heavy (non-hydrogen) atoms. The number of primary amides is 1. The molecular formula is C27H23ClF3N7O3S. The highest BCUT2D eigenvalue weighted by molar-refractivity contribution is 7.21. The number of thiophene rings is 1. The number of hydrogen-bond donors (Lipinski definition) is 2. The minimum Gasteiger partial charge on any atom is -0.471 e. The van der Waals surface area contributed by atoms with Crippen LogP contribution in [0.1, 0.15) is 44.0 Å². The Hall–Kier alpha value is -4.43. The van der Waals surface area contributed by atoms with Crippen molar-refractivity contribution in [1.29, 1.82) is 0 Å². The summed E-state index contributed by atoms with van der Waals surface area (Å²) in [6.45, 7) is 5.78. The number of nitrogens with one attached hydrogen (secondary N) is 1. The molecule has 0 saturated carbocycles. The van der Waals surface area contributed by atoms with E-state index in [2.05, 4.69) is 20.5 Å². The molecule has 10 nitrogen and oxygen atoms in total. The third-order valence-electron chi connectivity index (χ3n) is 6.34. The summed E-state index contributed by atoms with van der Waals surface area (Å²) in [6.07, 6.45) is -1.65. The van der Waals surface area contributed by atoms with E-state index in [9.17, 15) is 22.8 Å². The quantitative estimate of drug-likeness (QED) is 0.218. The van der Waals surface area contributed by atoms with Crippen molar-refractivity contribution >= 4 is 50.7 Å². The maximum Gasteiger partial charge on any atom is 0.433 e. The molecule has 0 unspecified atom stereocenters. The van der Waals surface area contributed by atoms with Gasteiger partial charge in [0.25, 0.3) is 11.8 Å². The van der Waals surface area contributed by atoms with Gasteiger partial charge in [-0.25, -0.2) is 9.67 Å². The number of halogens is 4. The van der Waals surface area contributed by atoms with Crippen molar-refractivity contribution in [1.82, 2.24) is 24.5 Å². The summed E-state index contributed by atoms with van der Waals surface area (Å²) >= 11 is 6.70. The van der Waals surface area contributed by atoms with Gasteiger partial charge in [-0.05, 0) is 62.2 Å². The molecule has 15 heteroatoms. The normalized spacial score (nSPS) is 11.7. The van der Waals surface area contributed by atoms with Gasteiger partial charge in [0.15, 0.2) is 12.4 Å². The second-order valence-corrected chi connectivity index (χ2v) is 10.7. The highest BCUT2D eigenvalue weighted by Gasteiger charge is 2.35. The number of amides is 2. The van der Waals surface area contributed by atoms with Gasteiger partial charge in [-0.1, -0.05) is 11.6 Å². The number of alkyl halides is 3. The van der Waals surface area contributed by atoms with Crippen molar-refractivity contribution in [3.63, 3.8) is 0 Å². The summed E-state index contributed by atoms with van der Waals surface area (Å²) in [5.74, 6) is -1.11. The molecule has 0 bridgehead atoms. The number of carbonyl (C=O) groups is 2. The Labute approximate surface area is 245 Å². The van der Waals surface area contributed by atoms with Gasteiger partial charge in [0.1, 0.15) is 21.2 Å². The van der Waals surface area contributed by atoms with Crippen LogP contribution in [0.15, 0.2) is 42.7 Å². The Balaban J connectivity index is 1.52. The van der Waals surface area contributed by atoms with Gasteiger partial charge in [0.05, 0.1) is 11.4 Å². The molecule has 0 radical (unpaired) electrons. The predicted molar refractivity (Wildman–Crippen MR) is 152 cm³/mol. The lowest BCUT2D eigenvalue weighted by atomic mass is 10.0. The molecule has 5 aromatic rings. The van der Waals surface area contributed by atoms with Crippen LogP contribution in [-0.4, -0.2) is 36.4 Å². The van der Waals surface area contributed by atoms with Gasteiger partial charge >= 0.3 is 6.18 Å². The monoisotopic (exact) mass is 617 g/mol. The maximum atomic E-state index is 13.8. The van der Waals surface area contributed by atoms with Crippen molar-refractivity contribution in [2.75, 3.05) is 5.32 Å². The molecule has 0 atom stereocenters. The SMILES string of the molecule is CCn1cc(-c2cc(C(F)(F)F)nc3sc(C(N)=O)c(NC(=O)c4ccn(COc5ccc(Cl)c(C)c5)n4)c23)c(C)n1. The second-order valence-electron chi connectivity index (χ2n) is 9.27. The summed E-state index contributed by atoms with van der Waals surface area (Å²) in [7, 11) is 0. The molecule has 0 fully saturated rings. The smallest absolute Gasteiger partial charge is 0.433 e. The van der Waals surface area contributed by atoms with E-state index in [1.165, 1.54) is 16.9 Å². The number of rotatable bonds is 8. The molecular weight excluding hydrogens is 595 g/mol. The average molecular weight is 618 g/mol. The number of pyridine rings is 1. The summed E-state index contributed by atoms with van der Waals surface area (Å²) in [5, 5.41) is 11.9. The third kappa shape index (κ3) is 5.67. The van der Waals surface area contributed by atoms with E-state index in [0.29, 0.717) is 39.9 Å². The Morgan fingerprint density at radius 2 is 1.88 bits per heavy atom. The van der Waals surface area contributed by atoms with E-state index in [4.69, 9.17) is 22.1 Å².